The van der Waals surface area contributed by atoms with Crippen molar-refractivity contribution in [2.75, 3.05) is 6.61 Å². The number of aromatic nitrogens is 1. The third-order valence-electron chi connectivity index (χ3n) is 2.11. The molecule has 0 aliphatic carbocycles. The molecule has 3 N–H and O–H groups in total. The van der Waals surface area contributed by atoms with Crippen molar-refractivity contribution < 1.29 is 4.84 Å². The molecule has 3 nitrogen and oxygen atoms in total. The predicted octanol–water partition coefficient (Wildman–Crippen LogP) is 2.07. The van der Waals surface area contributed by atoms with Crippen LogP contribution in [-0.2, 0) is 4.84 Å². The van der Waals surface area contributed by atoms with Gasteiger partial charge in [-0.1, -0.05) is 30.4 Å². The van der Waals surface area contributed by atoms with Crippen LogP contribution in [0.2, 0.25) is 0 Å². The van der Waals surface area contributed by atoms with Gasteiger partial charge in [0.15, 0.2) is 0 Å². The fraction of sp³-hybridized carbons (Fsp3) is 0.0909. The Morgan fingerprint density at radius 2 is 2.21 bits per heavy atom. The molecule has 0 aliphatic rings. The molecular formula is C11H12N2O. The van der Waals surface area contributed by atoms with Crippen LogP contribution in [0.5, 0.6) is 0 Å². The first-order chi connectivity index (χ1) is 6.92. The zero-order valence-electron chi connectivity index (χ0n) is 7.73. The number of hydrogen-bond donors (Lipinski definition) is 2. The van der Waals surface area contributed by atoms with Crippen molar-refractivity contribution in [3.8, 4) is 0 Å². The lowest BCUT2D eigenvalue weighted by atomic mass is 10.2. The predicted molar refractivity (Wildman–Crippen MR) is 57.5 cm³/mol. The molecule has 1 aromatic carbocycles. The van der Waals surface area contributed by atoms with E-state index in [4.69, 9.17) is 5.90 Å². The molecule has 0 spiro atoms. The second-order valence-corrected chi connectivity index (χ2v) is 3.03. The molecule has 0 atom stereocenters. The Bertz CT molecular complexity index is 445. The summed E-state index contributed by atoms with van der Waals surface area (Å²) in [5, 5.41) is 1.21. The van der Waals surface area contributed by atoms with Crippen LogP contribution in [0, 0.1) is 0 Å². The van der Waals surface area contributed by atoms with Crippen molar-refractivity contribution in [1.82, 2.24) is 4.98 Å². The zero-order valence-corrected chi connectivity index (χ0v) is 7.73. The number of aromatic amines is 1. The number of nitrogens with two attached hydrogens (primary N) is 1. The number of nitrogens with one attached hydrogen (secondary N) is 1. The normalized spacial score (nSPS) is 11.5. The first-order valence-corrected chi connectivity index (χ1v) is 4.46. The summed E-state index contributed by atoms with van der Waals surface area (Å²) in [6, 6.07) is 8.16. The fourth-order valence-corrected chi connectivity index (χ4v) is 1.46. The van der Waals surface area contributed by atoms with E-state index in [0.717, 1.165) is 11.1 Å². The summed E-state index contributed by atoms with van der Waals surface area (Å²) in [6.45, 7) is 0.430. The highest BCUT2D eigenvalue weighted by molar-refractivity contribution is 5.88. The first kappa shape index (κ1) is 8.99. The van der Waals surface area contributed by atoms with Gasteiger partial charge in [-0.3, -0.25) is 0 Å². The Hall–Kier alpha value is -1.58. The van der Waals surface area contributed by atoms with E-state index in [1.807, 2.05) is 36.5 Å². The van der Waals surface area contributed by atoms with Crippen molar-refractivity contribution in [3.63, 3.8) is 0 Å². The van der Waals surface area contributed by atoms with E-state index in [0.29, 0.717) is 6.61 Å². The van der Waals surface area contributed by atoms with Gasteiger partial charge in [0.05, 0.1) is 6.61 Å². The van der Waals surface area contributed by atoms with Gasteiger partial charge in [-0.2, -0.15) is 0 Å². The van der Waals surface area contributed by atoms with E-state index in [1.54, 1.807) is 0 Å². The van der Waals surface area contributed by atoms with Crippen LogP contribution in [0.25, 0.3) is 17.0 Å². The maximum absolute atomic E-state index is 4.92. The van der Waals surface area contributed by atoms with Gasteiger partial charge >= 0.3 is 0 Å². The monoisotopic (exact) mass is 188 g/mol. The summed E-state index contributed by atoms with van der Waals surface area (Å²) in [5.41, 5.74) is 2.29. The summed E-state index contributed by atoms with van der Waals surface area (Å²) >= 11 is 0. The lowest BCUT2D eigenvalue weighted by Gasteiger charge is -1.90. The SMILES string of the molecule is NOC/C=C/c1c[nH]c2ccccc12. The van der Waals surface area contributed by atoms with E-state index in [-0.39, 0.29) is 0 Å². The molecule has 0 unspecified atom stereocenters. The molecular weight excluding hydrogens is 176 g/mol. The second kappa shape index (κ2) is 4.09. The standard InChI is InChI=1S/C11H12N2O/c12-14-7-3-4-9-8-13-11-6-2-1-5-10(9)11/h1-6,8,13H,7,12H2/b4-3+. The largest absolute Gasteiger partial charge is 0.361 e. The summed E-state index contributed by atoms with van der Waals surface area (Å²) in [7, 11) is 0. The van der Waals surface area contributed by atoms with E-state index in [9.17, 15) is 0 Å². The van der Waals surface area contributed by atoms with Crippen LogP contribution in [0.15, 0.2) is 36.5 Å². The summed E-state index contributed by atoms with van der Waals surface area (Å²) in [6.07, 6.45) is 5.85. The van der Waals surface area contributed by atoms with E-state index in [2.05, 4.69) is 15.9 Å². The maximum Gasteiger partial charge on any atom is 0.0864 e. The molecule has 0 saturated heterocycles. The van der Waals surface area contributed by atoms with Crippen LogP contribution in [0.1, 0.15) is 5.56 Å². The van der Waals surface area contributed by atoms with Gasteiger partial charge < -0.3 is 9.82 Å². The minimum atomic E-state index is 0.430. The zero-order chi connectivity index (χ0) is 9.80. The quantitative estimate of drug-likeness (QED) is 0.724. The molecule has 1 heterocycles. The van der Waals surface area contributed by atoms with Crippen LogP contribution in [0.4, 0.5) is 0 Å². The van der Waals surface area contributed by atoms with Gasteiger partial charge in [-0.15, -0.1) is 0 Å². The molecule has 14 heavy (non-hydrogen) atoms. The summed E-state index contributed by atoms with van der Waals surface area (Å²) in [4.78, 5) is 7.65. The number of benzene rings is 1. The van der Waals surface area contributed by atoms with Crippen LogP contribution in [-0.4, -0.2) is 11.6 Å². The van der Waals surface area contributed by atoms with Crippen LogP contribution in [0.3, 0.4) is 0 Å². The molecule has 0 fully saturated rings. The molecule has 0 aliphatic heterocycles. The Morgan fingerprint density at radius 3 is 3.07 bits per heavy atom. The summed E-state index contributed by atoms with van der Waals surface area (Å²) < 4.78 is 0. The maximum atomic E-state index is 4.92. The van der Waals surface area contributed by atoms with Gasteiger partial charge in [0.1, 0.15) is 0 Å². The lowest BCUT2D eigenvalue weighted by Crippen LogP contribution is -1.96. The Morgan fingerprint density at radius 1 is 1.36 bits per heavy atom. The number of rotatable bonds is 3. The van der Waals surface area contributed by atoms with Gasteiger partial charge in [0.25, 0.3) is 0 Å². The topological polar surface area (TPSA) is 51.0 Å². The van der Waals surface area contributed by atoms with Gasteiger partial charge in [-0.05, 0) is 11.6 Å². The van der Waals surface area contributed by atoms with Gasteiger partial charge in [0.2, 0.25) is 0 Å². The third-order valence-corrected chi connectivity index (χ3v) is 2.11. The molecule has 2 aromatic rings. The molecule has 2 rings (SSSR count). The number of H-pyrrole nitrogens is 1. The van der Waals surface area contributed by atoms with Crippen LogP contribution < -0.4 is 5.90 Å². The average molecular weight is 188 g/mol. The Kier molecular flexibility index (Phi) is 2.62. The minimum absolute atomic E-state index is 0.430. The highest BCUT2D eigenvalue weighted by atomic mass is 16.6. The molecule has 3 heteroatoms. The molecule has 0 radical (unpaired) electrons. The Balaban J connectivity index is 2.34. The smallest absolute Gasteiger partial charge is 0.0864 e. The molecule has 0 bridgehead atoms. The highest BCUT2D eigenvalue weighted by Gasteiger charge is 1.97. The Labute approximate surface area is 82.1 Å². The fourth-order valence-electron chi connectivity index (χ4n) is 1.46. The summed E-state index contributed by atoms with van der Waals surface area (Å²) in [5.74, 6) is 4.92. The van der Waals surface area contributed by atoms with E-state index < -0.39 is 0 Å². The number of para-hydroxylation sites is 1. The minimum Gasteiger partial charge on any atom is -0.361 e. The average Bonchev–Trinajstić information content (AvgIpc) is 2.63. The first-order valence-electron chi connectivity index (χ1n) is 4.46. The second-order valence-electron chi connectivity index (χ2n) is 3.03. The van der Waals surface area contributed by atoms with Crippen molar-refractivity contribution in [2.45, 2.75) is 0 Å². The third kappa shape index (κ3) is 1.69. The van der Waals surface area contributed by atoms with Gasteiger partial charge in [-0.25, -0.2) is 5.90 Å². The number of fused-ring (bicyclic) bond motifs is 1. The molecule has 0 amide bonds. The van der Waals surface area contributed by atoms with Crippen LogP contribution >= 0.6 is 0 Å². The highest BCUT2D eigenvalue weighted by Crippen LogP contribution is 2.18. The van der Waals surface area contributed by atoms with Crippen molar-refractivity contribution >= 4 is 17.0 Å². The molecule has 0 saturated carbocycles. The van der Waals surface area contributed by atoms with Crippen molar-refractivity contribution in [2.24, 2.45) is 5.90 Å². The molecule has 1 aromatic heterocycles. The van der Waals surface area contributed by atoms with E-state index in [1.165, 1.54) is 5.39 Å². The van der Waals surface area contributed by atoms with Crippen molar-refractivity contribution in [3.05, 3.63) is 42.1 Å². The number of hydrogen-bond acceptors (Lipinski definition) is 2. The van der Waals surface area contributed by atoms with Crippen molar-refractivity contribution in [1.29, 1.82) is 0 Å². The lowest BCUT2D eigenvalue weighted by molar-refractivity contribution is 0.168. The molecule has 72 valence electrons. The van der Waals surface area contributed by atoms with E-state index >= 15 is 0 Å². The van der Waals surface area contributed by atoms with Gasteiger partial charge in [0, 0.05) is 17.1 Å².